The van der Waals surface area contributed by atoms with Crippen LogP contribution in [0.3, 0.4) is 0 Å². The molecule has 1 aliphatic heterocycles. The second kappa shape index (κ2) is 12.1. The number of hydrogen-bond donors (Lipinski definition) is 4. The van der Waals surface area contributed by atoms with Crippen molar-refractivity contribution in [3.63, 3.8) is 0 Å². The number of nitrogens with zero attached hydrogens (tertiary/aromatic N) is 1. The summed E-state index contributed by atoms with van der Waals surface area (Å²) in [6.45, 7) is 2.23. The molecule has 1 saturated heterocycles. The van der Waals surface area contributed by atoms with Gasteiger partial charge < -0.3 is 27.0 Å². The lowest BCUT2D eigenvalue weighted by Crippen LogP contribution is -2.50. The second-order valence-corrected chi connectivity index (χ2v) is 8.90. The Bertz CT molecular complexity index is 987. The fourth-order valence-corrected chi connectivity index (χ4v) is 4.02. The van der Waals surface area contributed by atoms with Gasteiger partial charge in [-0.3, -0.25) is 9.59 Å². The molecule has 0 aromatic heterocycles. The molecule has 3 rings (SSSR count). The van der Waals surface area contributed by atoms with Crippen molar-refractivity contribution >= 4 is 17.5 Å². The summed E-state index contributed by atoms with van der Waals surface area (Å²) in [7, 11) is 0. The highest BCUT2D eigenvalue weighted by atomic mass is 19.4. The molecule has 190 valence electrons. The molecule has 6 N–H and O–H groups in total. The first kappa shape index (κ1) is 26.7. The van der Waals surface area contributed by atoms with Gasteiger partial charge in [-0.25, -0.2) is 0 Å². The third-order valence-electron chi connectivity index (χ3n) is 6.06. The van der Waals surface area contributed by atoms with Crippen LogP contribution in [0.15, 0.2) is 54.6 Å². The summed E-state index contributed by atoms with van der Waals surface area (Å²) in [5, 5.41) is 5.19. The van der Waals surface area contributed by atoms with E-state index in [9.17, 15) is 22.8 Å². The highest BCUT2D eigenvalue weighted by Gasteiger charge is 2.31. The van der Waals surface area contributed by atoms with Gasteiger partial charge in [0.2, 0.25) is 11.8 Å². The van der Waals surface area contributed by atoms with Crippen LogP contribution in [0.5, 0.6) is 0 Å². The van der Waals surface area contributed by atoms with E-state index in [1.807, 2.05) is 30.3 Å². The summed E-state index contributed by atoms with van der Waals surface area (Å²) in [5.74, 6) is -1.09. The average molecular weight is 492 g/mol. The van der Waals surface area contributed by atoms with E-state index < -0.39 is 35.6 Å². The first-order valence-electron chi connectivity index (χ1n) is 11.7. The van der Waals surface area contributed by atoms with Gasteiger partial charge >= 0.3 is 6.18 Å². The highest BCUT2D eigenvalue weighted by Crippen LogP contribution is 2.30. The Morgan fingerprint density at radius 3 is 2.46 bits per heavy atom. The molecule has 1 aliphatic rings. The zero-order valence-electron chi connectivity index (χ0n) is 19.4. The number of halogens is 3. The van der Waals surface area contributed by atoms with E-state index in [0.29, 0.717) is 19.4 Å². The molecule has 1 unspecified atom stereocenters. The number of nitrogens with two attached hydrogens (primary N) is 2. The summed E-state index contributed by atoms with van der Waals surface area (Å²) >= 11 is 0. The zero-order valence-corrected chi connectivity index (χ0v) is 19.4. The van der Waals surface area contributed by atoms with Crippen LogP contribution in [0, 0.1) is 0 Å². The number of rotatable bonds is 10. The Labute approximate surface area is 203 Å². The van der Waals surface area contributed by atoms with Crippen molar-refractivity contribution in [1.82, 2.24) is 10.2 Å². The van der Waals surface area contributed by atoms with Crippen LogP contribution in [0.25, 0.3) is 0 Å². The Hall–Kier alpha value is -2.95. The smallest absolute Gasteiger partial charge is 0.343 e. The third kappa shape index (κ3) is 8.34. The van der Waals surface area contributed by atoms with Gasteiger partial charge in [-0.15, -0.1) is 0 Å². The number of anilines is 1. The summed E-state index contributed by atoms with van der Waals surface area (Å²) in [4.78, 5) is 27.9. The quantitative estimate of drug-likeness (QED) is 0.408. The predicted molar refractivity (Wildman–Crippen MR) is 128 cm³/mol. The molecule has 0 bridgehead atoms. The van der Waals surface area contributed by atoms with Crippen molar-refractivity contribution in [2.75, 3.05) is 25.0 Å². The fourth-order valence-electron chi connectivity index (χ4n) is 4.02. The first-order chi connectivity index (χ1) is 16.6. The lowest BCUT2D eigenvalue weighted by atomic mass is 10.0. The Kier molecular flexibility index (Phi) is 9.25. The Morgan fingerprint density at radius 1 is 1.06 bits per heavy atom. The van der Waals surface area contributed by atoms with E-state index >= 15 is 0 Å². The van der Waals surface area contributed by atoms with Crippen molar-refractivity contribution in [3.8, 4) is 0 Å². The van der Waals surface area contributed by atoms with Crippen LogP contribution >= 0.6 is 0 Å². The van der Waals surface area contributed by atoms with Crippen LogP contribution in [0.2, 0.25) is 0 Å². The van der Waals surface area contributed by atoms with Gasteiger partial charge in [0.15, 0.2) is 0 Å². The molecule has 2 aromatic carbocycles. The van der Waals surface area contributed by atoms with Crippen molar-refractivity contribution in [1.29, 1.82) is 0 Å². The molecule has 10 heteroatoms. The lowest BCUT2D eigenvalue weighted by molar-refractivity contribution is -0.137. The Balaban J connectivity index is 1.64. The highest BCUT2D eigenvalue weighted by molar-refractivity contribution is 5.97. The van der Waals surface area contributed by atoms with Gasteiger partial charge in [-0.05, 0) is 56.0 Å². The van der Waals surface area contributed by atoms with Gasteiger partial charge in [0.05, 0.1) is 11.6 Å². The number of likely N-dealkylation sites (tertiary alicyclic amines) is 1. The van der Waals surface area contributed by atoms with Gasteiger partial charge in [0, 0.05) is 24.8 Å². The van der Waals surface area contributed by atoms with Crippen LogP contribution in [0.1, 0.15) is 30.4 Å². The third-order valence-corrected chi connectivity index (χ3v) is 6.06. The monoisotopic (exact) mass is 491 g/mol. The molecule has 2 amide bonds. The summed E-state index contributed by atoms with van der Waals surface area (Å²) in [5.41, 5.74) is 12.1. The average Bonchev–Trinajstić information content (AvgIpc) is 3.25. The fraction of sp³-hybridized carbons (Fsp3) is 0.440. The number of amides is 2. The number of alkyl halides is 3. The van der Waals surface area contributed by atoms with Crippen molar-refractivity contribution in [3.05, 3.63) is 65.7 Å². The molecule has 2 aromatic rings. The van der Waals surface area contributed by atoms with E-state index in [4.69, 9.17) is 11.5 Å². The van der Waals surface area contributed by atoms with Crippen molar-refractivity contribution in [2.45, 2.75) is 50.0 Å². The van der Waals surface area contributed by atoms with Crippen molar-refractivity contribution in [2.24, 2.45) is 11.5 Å². The maximum atomic E-state index is 13.0. The zero-order chi connectivity index (χ0) is 25.4. The van der Waals surface area contributed by atoms with Crippen LogP contribution in [-0.4, -0.2) is 54.5 Å². The molecule has 35 heavy (non-hydrogen) atoms. The van der Waals surface area contributed by atoms with Gasteiger partial charge in [0.25, 0.3) is 0 Å². The molecule has 7 nitrogen and oxygen atoms in total. The molecular formula is C25H32F3N5O2. The molecule has 3 atom stereocenters. The number of hydrogen-bond acceptors (Lipinski definition) is 5. The molecule has 0 radical (unpaired) electrons. The molecule has 1 fully saturated rings. The number of nitrogens with one attached hydrogen (secondary N) is 2. The molecule has 0 aliphatic carbocycles. The maximum Gasteiger partial charge on any atom is 0.416 e. The Morgan fingerprint density at radius 2 is 1.80 bits per heavy atom. The number of carbonyl (C=O) groups excluding carboxylic acids is 2. The summed E-state index contributed by atoms with van der Waals surface area (Å²) < 4.78 is 39.1. The largest absolute Gasteiger partial charge is 0.416 e. The lowest BCUT2D eigenvalue weighted by Gasteiger charge is -2.22. The number of carbonyl (C=O) groups is 2. The summed E-state index contributed by atoms with van der Waals surface area (Å²) in [6.07, 6.45) is -2.48. The minimum atomic E-state index is -4.53. The van der Waals surface area contributed by atoms with Crippen LogP contribution in [0.4, 0.5) is 18.9 Å². The first-order valence-corrected chi connectivity index (χ1v) is 11.7. The van der Waals surface area contributed by atoms with E-state index in [1.165, 1.54) is 12.1 Å². The van der Waals surface area contributed by atoms with Gasteiger partial charge in [-0.2, -0.15) is 13.2 Å². The molecule has 1 heterocycles. The molecular weight excluding hydrogens is 459 g/mol. The second-order valence-electron chi connectivity index (χ2n) is 8.90. The predicted octanol–water partition coefficient (Wildman–Crippen LogP) is 2.51. The van der Waals surface area contributed by atoms with Crippen molar-refractivity contribution < 1.29 is 22.8 Å². The number of benzene rings is 2. The normalized spacial score (nSPS) is 18.1. The summed E-state index contributed by atoms with van der Waals surface area (Å²) in [6, 6.07) is 12.1. The van der Waals surface area contributed by atoms with Gasteiger partial charge in [0.1, 0.15) is 6.04 Å². The van der Waals surface area contributed by atoms with E-state index in [2.05, 4.69) is 15.5 Å². The van der Waals surface area contributed by atoms with Gasteiger partial charge in [-0.1, -0.05) is 36.4 Å². The molecule has 0 saturated carbocycles. The minimum absolute atomic E-state index is 0.00143. The van der Waals surface area contributed by atoms with E-state index in [1.54, 1.807) is 0 Å². The SMILES string of the molecule is NC1CCN(CC[C@H](N)C(=O)N[C@@H](CCc2ccccc2)C(=O)Nc2cccc(C(F)(F)F)c2)C1. The minimum Gasteiger partial charge on any atom is -0.343 e. The maximum absolute atomic E-state index is 13.0. The van der Waals surface area contributed by atoms with Crippen LogP contribution in [-0.2, 0) is 22.2 Å². The van der Waals surface area contributed by atoms with E-state index in [0.717, 1.165) is 37.2 Å². The van der Waals surface area contributed by atoms with Crippen LogP contribution < -0.4 is 22.1 Å². The standard InChI is InChI=1S/C25H32F3N5O2/c26-25(27,28)18-7-4-8-20(15-18)31-24(35)22(10-9-17-5-2-1-3-6-17)32-23(34)21(30)12-14-33-13-11-19(29)16-33/h1-8,15,19,21-22H,9-14,16,29-30H2,(H,31,35)(H,32,34)/t19?,21-,22-/m0/s1. The molecule has 0 spiro atoms. The number of aryl methyl sites for hydroxylation is 1. The topological polar surface area (TPSA) is 113 Å². The van der Waals surface area contributed by atoms with E-state index in [-0.39, 0.29) is 18.2 Å².